The van der Waals surface area contributed by atoms with Gasteiger partial charge in [0.2, 0.25) is 0 Å². The van der Waals surface area contributed by atoms with Crippen molar-refractivity contribution in [2.45, 2.75) is 27.4 Å². The molecule has 0 radical (unpaired) electrons. The molecule has 2 heteroatoms. The molecule has 0 atom stereocenters. The van der Waals surface area contributed by atoms with Crippen LogP contribution in [-0.2, 0) is 6.61 Å². The third kappa shape index (κ3) is 4.38. The van der Waals surface area contributed by atoms with Gasteiger partial charge in [-0.3, -0.25) is 0 Å². The van der Waals surface area contributed by atoms with Crippen LogP contribution in [0.4, 0.5) is 0 Å². The first kappa shape index (κ1) is 15.2. The Morgan fingerprint density at radius 1 is 1.00 bits per heavy atom. The molecule has 110 valence electrons. The van der Waals surface area contributed by atoms with Crippen molar-refractivity contribution in [2.24, 2.45) is 0 Å². The average molecular weight is 282 g/mol. The van der Waals surface area contributed by atoms with Gasteiger partial charge in [-0.1, -0.05) is 47.5 Å². The van der Waals surface area contributed by atoms with Gasteiger partial charge in [-0.15, -0.1) is 0 Å². The number of hydrogen-bond acceptors (Lipinski definition) is 2. The van der Waals surface area contributed by atoms with Crippen LogP contribution in [-0.4, -0.2) is 7.11 Å². The zero-order valence-corrected chi connectivity index (χ0v) is 13.1. The van der Waals surface area contributed by atoms with Crippen LogP contribution in [0.3, 0.4) is 0 Å². The van der Waals surface area contributed by atoms with Crippen LogP contribution < -0.4 is 9.47 Å². The Hall–Kier alpha value is -2.22. The van der Waals surface area contributed by atoms with Gasteiger partial charge in [-0.25, -0.2) is 0 Å². The Bertz CT molecular complexity index is 621. The fraction of sp³-hybridized carbons (Fsp3) is 0.263. The number of methoxy groups -OCH3 is 1. The first-order chi connectivity index (χ1) is 10.1. The smallest absolute Gasteiger partial charge is 0.161 e. The van der Waals surface area contributed by atoms with E-state index in [2.05, 4.69) is 51.1 Å². The highest BCUT2D eigenvalue weighted by atomic mass is 16.5. The molecule has 2 rings (SSSR count). The fourth-order valence-corrected chi connectivity index (χ4v) is 2.07. The highest BCUT2D eigenvalue weighted by Crippen LogP contribution is 2.29. The Labute approximate surface area is 127 Å². The predicted octanol–water partition coefficient (Wildman–Crippen LogP) is 5.01. The number of benzene rings is 2. The summed E-state index contributed by atoms with van der Waals surface area (Å²) in [5, 5.41) is 0. The monoisotopic (exact) mass is 282 g/mol. The number of hydrogen-bond donors (Lipinski definition) is 0. The van der Waals surface area contributed by atoms with Gasteiger partial charge in [0.05, 0.1) is 7.11 Å². The summed E-state index contributed by atoms with van der Waals surface area (Å²) in [5.74, 6) is 1.53. The van der Waals surface area contributed by atoms with Crippen molar-refractivity contribution >= 4 is 6.08 Å². The van der Waals surface area contributed by atoms with Crippen LogP contribution in [0.2, 0.25) is 0 Å². The van der Waals surface area contributed by atoms with Crippen LogP contribution in [0.5, 0.6) is 11.5 Å². The molecule has 2 nitrogen and oxygen atoms in total. The van der Waals surface area contributed by atoms with E-state index in [-0.39, 0.29) is 0 Å². The summed E-state index contributed by atoms with van der Waals surface area (Å²) in [7, 11) is 1.67. The first-order valence-corrected chi connectivity index (χ1v) is 7.10. The molecule has 0 N–H and O–H groups in total. The van der Waals surface area contributed by atoms with Crippen molar-refractivity contribution in [3.05, 3.63) is 64.7 Å². The molecule has 0 aliphatic rings. The number of aryl methyl sites for hydroxylation is 1. The number of allylic oxidation sites excluding steroid dienone is 1. The van der Waals surface area contributed by atoms with Crippen LogP contribution in [0, 0.1) is 6.92 Å². The highest BCUT2D eigenvalue weighted by Gasteiger charge is 2.05. The SMILES string of the molecule is COc1cc(C=C(C)C)ccc1OCc1ccc(C)cc1. The molecule has 0 aliphatic heterocycles. The first-order valence-electron chi connectivity index (χ1n) is 7.10. The summed E-state index contributed by atoms with van der Waals surface area (Å²) in [6.45, 7) is 6.77. The van der Waals surface area contributed by atoms with E-state index in [1.165, 1.54) is 11.1 Å². The third-order valence-corrected chi connectivity index (χ3v) is 3.16. The van der Waals surface area contributed by atoms with E-state index in [4.69, 9.17) is 9.47 Å². The summed E-state index contributed by atoms with van der Waals surface area (Å²) < 4.78 is 11.3. The zero-order chi connectivity index (χ0) is 15.2. The maximum atomic E-state index is 5.87. The lowest BCUT2D eigenvalue weighted by atomic mass is 10.1. The van der Waals surface area contributed by atoms with Crippen molar-refractivity contribution in [2.75, 3.05) is 7.11 Å². The molecular weight excluding hydrogens is 260 g/mol. The van der Waals surface area contributed by atoms with Crippen LogP contribution in [0.25, 0.3) is 6.08 Å². The van der Waals surface area contributed by atoms with E-state index >= 15 is 0 Å². The van der Waals surface area contributed by atoms with E-state index in [1.54, 1.807) is 7.11 Å². The summed E-state index contributed by atoms with van der Waals surface area (Å²) in [5.41, 5.74) is 4.78. The van der Waals surface area contributed by atoms with E-state index in [9.17, 15) is 0 Å². The molecule has 0 spiro atoms. The summed E-state index contributed by atoms with van der Waals surface area (Å²) in [6.07, 6.45) is 2.12. The Morgan fingerprint density at radius 2 is 1.71 bits per heavy atom. The normalized spacial score (nSPS) is 10.1. The standard InChI is InChI=1S/C19H22O2/c1-14(2)11-17-9-10-18(19(12-17)20-4)21-13-16-7-5-15(3)6-8-16/h5-12H,13H2,1-4H3. The summed E-state index contributed by atoms with van der Waals surface area (Å²) >= 11 is 0. The van der Waals surface area contributed by atoms with E-state index in [0.29, 0.717) is 6.61 Å². The van der Waals surface area contributed by atoms with Crippen molar-refractivity contribution in [3.63, 3.8) is 0 Å². The van der Waals surface area contributed by atoms with E-state index in [1.807, 2.05) is 18.2 Å². The minimum absolute atomic E-state index is 0.540. The molecule has 0 bridgehead atoms. The molecule has 0 aromatic heterocycles. The van der Waals surface area contributed by atoms with Gasteiger partial charge >= 0.3 is 0 Å². The average Bonchev–Trinajstić information content (AvgIpc) is 2.47. The lowest BCUT2D eigenvalue weighted by Gasteiger charge is -2.11. The second kappa shape index (κ2) is 6.98. The predicted molar refractivity (Wildman–Crippen MR) is 87.8 cm³/mol. The second-order valence-electron chi connectivity index (χ2n) is 5.41. The lowest BCUT2D eigenvalue weighted by molar-refractivity contribution is 0.284. The molecule has 2 aromatic rings. The topological polar surface area (TPSA) is 18.5 Å². The molecule has 0 heterocycles. The van der Waals surface area contributed by atoms with Crippen molar-refractivity contribution in [3.8, 4) is 11.5 Å². The molecule has 0 aliphatic carbocycles. The van der Waals surface area contributed by atoms with Gasteiger partial charge in [0.25, 0.3) is 0 Å². The molecule has 0 saturated heterocycles. The molecular formula is C19H22O2. The van der Waals surface area contributed by atoms with Crippen LogP contribution >= 0.6 is 0 Å². The Kier molecular flexibility index (Phi) is 5.04. The third-order valence-electron chi connectivity index (χ3n) is 3.16. The molecule has 0 amide bonds. The van der Waals surface area contributed by atoms with Gasteiger partial charge < -0.3 is 9.47 Å². The van der Waals surface area contributed by atoms with Crippen molar-refractivity contribution in [1.29, 1.82) is 0 Å². The quantitative estimate of drug-likeness (QED) is 0.767. The van der Waals surface area contributed by atoms with Crippen LogP contribution in [0.1, 0.15) is 30.5 Å². The highest BCUT2D eigenvalue weighted by molar-refractivity contribution is 5.57. The van der Waals surface area contributed by atoms with Gasteiger partial charge in [0.15, 0.2) is 11.5 Å². The zero-order valence-electron chi connectivity index (χ0n) is 13.1. The molecule has 2 aromatic carbocycles. The number of ether oxygens (including phenoxy) is 2. The largest absolute Gasteiger partial charge is 0.493 e. The maximum absolute atomic E-state index is 5.87. The van der Waals surface area contributed by atoms with Crippen molar-refractivity contribution in [1.82, 2.24) is 0 Å². The number of rotatable bonds is 5. The van der Waals surface area contributed by atoms with Gasteiger partial charge in [-0.05, 0) is 44.0 Å². The molecule has 0 unspecified atom stereocenters. The second-order valence-corrected chi connectivity index (χ2v) is 5.41. The van der Waals surface area contributed by atoms with Crippen LogP contribution in [0.15, 0.2) is 48.0 Å². The molecule has 0 fully saturated rings. The van der Waals surface area contributed by atoms with E-state index in [0.717, 1.165) is 22.6 Å². The fourth-order valence-electron chi connectivity index (χ4n) is 2.07. The minimum atomic E-state index is 0.540. The Balaban J connectivity index is 2.12. The molecule has 21 heavy (non-hydrogen) atoms. The lowest BCUT2D eigenvalue weighted by Crippen LogP contribution is -1.98. The van der Waals surface area contributed by atoms with Gasteiger partial charge in [-0.2, -0.15) is 0 Å². The van der Waals surface area contributed by atoms with Crippen molar-refractivity contribution < 1.29 is 9.47 Å². The minimum Gasteiger partial charge on any atom is -0.493 e. The van der Waals surface area contributed by atoms with Gasteiger partial charge in [0.1, 0.15) is 6.61 Å². The Morgan fingerprint density at radius 3 is 2.33 bits per heavy atom. The summed E-state index contributed by atoms with van der Waals surface area (Å²) in [4.78, 5) is 0. The van der Waals surface area contributed by atoms with E-state index < -0.39 is 0 Å². The molecule has 0 saturated carbocycles. The van der Waals surface area contributed by atoms with Gasteiger partial charge in [0, 0.05) is 0 Å². The summed E-state index contributed by atoms with van der Waals surface area (Å²) in [6, 6.07) is 14.3. The maximum Gasteiger partial charge on any atom is 0.161 e.